The first-order valence-corrected chi connectivity index (χ1v) is 6.92. The van der Waals surface area contributed by atoms with Gasteiger partial charge in [-0.1, -0.05) is 48.0 Å². The molecule has 13 heavy (non-hydrogen) atoms. The van der Waals surface area contributed by atoms with Crippen molar-refractivity contribution in [3.63, 3.8) is 0 Å². The Bertz CT molecular complexity index is 145. The zero-order valence-electron chi connectivity index (χ0n) is 8.47. The van der Waals surface area contributed by atoms with Gasteiger partial charge in [0.05, 0.1) is 0 Å². The monoisotopic (exact) mass is 244 g/mol. The molecule has 0 spiro atoms. The summed E-state index contributed by atoms with van der Waals surface area (Å²) in [5.74, 6) is 2.12. The van der Waals surface area contributed by atoms with Crippen molar-refractivity contribution in [2.75, 3.05) is 0 Å². The van der Waals surface area contributed by atoms with E-state index in [1.807, 2.05) is 0 Å². The highest BCUT2D eigenvalue weighted by Gasteiger charge is 2.29. The molecule has 2 saturated carbocycles. The third kappa shape index (κ3) is 3.27. The summed E-state index contributed by atoms with van der Waals surface area (Å²) in [6, 6.07) is 0. The lowest BCUT2D eigenvalue weighted by Gasteiger charge is -2.22. The summed E-state index contributed by atoms with van der Waals surface area (Å²) in [5, 5.41) is 0. The summed E-state index contributed by atoms with van der Waals surface area (Å²) >= 11 is 3.83. The van der Waals surface area contributed by atoms with Gasteiger partial charge in [-0.25, -0.2) is 0 Å². The van der Waals surface area contributed by atoms with E-state index in [2.05, 4.69) is 15.9 Å². The van der Waals surface area contributed by atoms with E-state index in [0.29, 0.717) is 0 Å². The van der Waals surface area contributed by atoms with E-state index in [9.17, 15) is 0 Å². The average molecular weight is 245 g/mol. The minimum atomic E-state index is 0.856. The molecule has 2 aliphatic rings. The Morgan fingerprint density at radius 3 is 2.31 bits per heavy atom. The zero-order chi connectivity index (χ0) is 9.10. The third-order valence-electron chi connectivity index (χ3n) is 3.71. The summed E-state index contributed by atoms with van der Waals surface area (Å²) in [4.78, 5) is 0.856. The van der Waals surface area contributed by atoms with Crippen molar-refractivity contribution in [1.82, 2.24) is 0 Å². The Morgan fingerprint density at radius 2 is 1.69 bits per heavy atom. The molecule has 0 amide bonds. The molecule has 0 aromatic rings. The SMILES string of the molecule is BrC(CCC1CCCCC1)C1CC1. The van der Waals surface area contributed by atoms with Gasteiger partial charge in [-0.3, -0.25) is 0 Å². The predicted octanol–water partition coefficient (Wildman–Crippen LogP) is 4.52. The van der Waals surface area contributed by atoms with E-state index in [-0.39, 0.29) is 0 Å². The van der Waals surface area contributed by atoms with Gasteiger partial charge in [0.25, 0.3) is 0 Å². The van der Waals surface area contributed by atoms with Crippen LogP contribution in [-0.2, 0) is 0 Å². The number of alkyl halides is 1. The molecule has 2 rings (SSSR count). The molecule has 0 radical (unpaired) electrons. The lowest BCUT2D eigenvalue weighted by molar-refractivity contribution is 0.329. The van der Waals surface area contributed by atoms with Gasteiger partial charge in [-0.15, -0.1) is 0 Å². The second-order valence-corrected chi connectivity index (χ2v) is 6.11. The summed E-state index contributed by atoms with van der Waals surface area (Å²) in [5.41, 5.74) is 0. The van der Waals surface area contributed by atoms with Gasteiger partial charge in [-0.2, -0.15) is 0 Å². The van der Waals surface area contributed by atoms with E-state index in [1.54, 1.807) is 0 Å². The molecule has 0 aromatic carbocycles. The van der Waals surface area contributed by atoms with Crippen molar-refractivity contribution in [3.8, 4) is 0 Å². The van der Waals surface area contributed by atoms with Gasteiger partial charge in [0, 0.05) is 4.83 Å². The number of hydrogen-bond acceptors (Lipinski definition) is 0. The summed E-state index contributed by atoms with van der Waals surface area (Å²) in [6.07, 6.45) is 13.4. The Labute approximate surface area is 90.6 Å². The highest BCUT2D eigenvalue weighted by Crippen LogP contribution is 2.40. The van der Waals surface area contributed by atoms with Crippen LogP contribution in [0.25, 0.3) is 0 Å². The topological polar surface area (TPSA) is 0 Å². The van der Waals surface area contributed by atoms with Crippen LogP contribution in [0.1, 0.15) is 57.8 Å². The van der Waals surface area contributed by atoms with Crippen molar-refractivity contribution < 1.29 is 0 Å². The van der Waals surface area contributed by atoms with E-state index in [1.165, 1.54) is 57.8 Å². The lowest BCUT2D eigenvalue weighted by atomic mass is 9.85. The Balaban J connectivity index is 1.60. The van der Waals surface area contributed by atoms with Crippen LogP contribution < -0.4 is 0 Å². The van der Waals surface area contributed by atoms with Crippen molar-refractivity contribution in [3.05, 3.63) is 0 Å². The molecule has 0 N–H and O–H groups in total. The summed E-state index contributed by atoms with van der Waals surface area (Å²) < 4.78 is 0. The van der Waals surface area contributed by atoms with Crippen molar-refractivity contribution in [2.45, 2.75) is 62.6 Å². The van der Waals surface area contributed by atoms with Crippen molar-refractivity contribution in [1.29, 1.82) is 0 Å². The minimum absolute atomic E-state index is 0.856. The fourth-order valence-corrected chi connectivity index (χ4v) is 3.36. The molecule has 2 aliphatic carbocycles. The smallest absolute Gasteiger partial charge is 0.0174 e. The van der Waals surface area contributed by atoms with E-state index >= 15 is 0 Å². The minimum Gasteiger partial charge on any atom is -0.0888 e. The molecule has 0 heterocycles. The van der Waals surface area contributed by atoms with Crippen LogP contribution in [0.4, 0.5) is 0 Å². The summed E-state index contributed by atoms with van der Waals surface area (Å²) in [6.45, 7) is 0. The summed E-state index contributed by atoms with van der Waals surface area (Å²) in [7, 11) is 0. The van der Waals surface area contributed by atoms with Crippen LogP contribution in [0.5, 0.6) is 0 Å². The molecule has 0 aliphatic heterocycles. The highest BCUT2D eigenvalue weighted by molar-refractivity contribution is 9.09. The van der Waals surface area contributed by atoms with Gasteiger partial charge in [0.1, 0.15) is 0 Å². The quantitative estimate of drug-likeness (QED) is 0.639. The molecule has 1 heteroatoms. The Hall–Kier alpha value is 0.480. The molecule has 0 aromatic heterocycles. The van der Waals surface area contributed by atoms with Crippen LogP contribution in [0.3, 0.4) is 0 Å². The van der Waals surface area contributed by atoms with Gasteiger partial charge < -0.3 is 0 Å². The molecule has 1 atom stereocenters. The number of rotatable bonds is 4. The Morgan fingerprint density at radius 1 is 1.00 bits per heavy atom. The Kier molecular flexibility index (Phi) is 3.71. The van der Waals surface area contributed by atoms with Crippen molar-refractivity contribution >= 4 is 15.9 Å². The maximum atomic E-state index is 3.83. The molecule has 2 fully saturated rings. The molecule has 0 bridgehead atoms. The zero-order valence-corrected chi connectivity index (χ0v) is 10.1. The first kappa shape index (κ1) is 10.0. The third-order valence-corrected chi connectivity index (χ3v) is 4.91. The van der Waals surface area contributed by atoms with Crippen LogP contribution in [0.15, 0.2) is 0 Å². The number of halogens is 1. The van der Waals surface area contributed by atoms with E-state index < -0.39 is 0 Å². The molecular weight excluding hydrogens is 224 g/mol. The fraction of sp³-hybridized carbons (Fsp3) is 1.00. The normalized spacial score (nSPS) is 27.5. The highest BCUT2D eigenvalue weighted by atomic mass is 79.9. The standard InChI is InChI=1S/C12H21Br/c13-12(11-7-8-11)9-6-10-4-2-1-3-5-10/h10-12H,1-9H2. The largest absolute Gasteiger partial charge is 0.0888 e. The van der Waals surface area contributed by atoms with Crippen LogP contribution >= 0.6 is 15.9 Å². The first-order valence-electron chi connectivity index (χ1n) is 6.00. The molecule has 0 nitrogen and oxygen atoms in total. The molecular formula is C12H21Br. The van der Waals surface area contributed by atoms with Crippen LogP contribution in [0.2, 0.25) is 0 Å². The van der Waals surface area contributed by atoms with Crippen molar-refractivity contribution in [2.24, 2.45) is 11.8 Å². The van der Waals surface area contributed by atoms with Crippen LogP contribution in [-0.4, -0.2) is 4.83 Å². The predicted molar refractivity (Wildman–Crippen MR) is 61.2 cm³/mol. The fourth-order valence-electron chi connectivity index (χ4n) is 2.56. The number of hydrogen-bond donors (Lipinski definition) is 0. The second-order valence-electron chi connectivity index (χ2n) is 4.93. The van der Waals surface area contributed by atoms with Crippen LogP contribution in [0, 0.1) is 11.8 Å². The molecule has 0 saturated heterocycles. The average Bonchev–Trinajstić information content (AvgIpc) is 2.99. The van der Waals surface area contributed by atoms with Gasteiger partial charge in [0.2, 0.25) is 0 Å². The maximum Gasteiger partial charge on any atom is 0.0174 e. The lowest BCUT2D eigenvalue weighted by Crippen LogP contribution is -2.09. The molecule has 1 unspecified atom stereocenters. The van der Waals surface area contributed by atoms with Gasteiger partial charge >= 0.3 is 0 Å². The van der Waals surface area contributed by atoms with E-state index in [4.69, 9.17) is 0 Å². The maximum absolute atomic E-state index is 3.83. The van der Waals surface area contributed by atoms with E-state index in [0.717, 1.165) is 16.7 Å². The molecule has 76 valence electrons. The first-order chi connectivity index (χ1) is 6.36. The van der Waals surface area contributed by atoms with Gasteiger partial charge in [-0.05, 0) is 37.5 Å². The second kappa shape index (κ2) is 4.82. The van der Waals surface area contributed by atoms with Gasteiger partial charge in [0.15, 0.2) is 0 Å².